The molecule has 0 bridgehead atoms. The molecule has 4 nitrogen and oxygen atoms in total. The molecule has 0 radical (unpaired) electrons. The minimum Gasteiger partial charge on any atom is -0.461 e. The molecule has 2 atom stereocenters. The lowest BCUT2D eigenvalue weighted by molar-refractivity contribution is -0.154. The van der Waals surface area contributed by atoms with Gasteiger partial charge in [0.2, 0.25) is 0 Å². The summed E-state index contributed by atoms with van der Waals surface area (Å²) in [5.41, 5.74) is 8.58. The molecule has 0 amide bonds. The molecule has 24 heavy (non-hydrogen) atoms. The van der Waals surface area contributed by atoms with Crippen molar-refractivity contribution < 1.29 is 9.53 Å². The molecular formula is C20H24N2O2. The van der Waals surface area contributed by atoms with Crippen LogP contribution in [0.3, 0.4) is 0 Å². The maximum absolute atomic E-state index is 12.5. The Morgan fingerprint density at radius 1 is 1.04 bits per heavy atom. The summed E-state index contributed by atoms with van der Waals surface area (Å²) in [6.07, 6.45) is 1.47. The number of piperidine rings is 1. The molecular weight excluding hydrogens is 300 g/mol. The van der Waals surface area contributed by atoms with E-state index in [0.717, 1.165) is 31.5 Å². The lowest BCUT2D eigenvalue weighted by Gasteiger charge is -2.37. The maximum Gasteiger partial charge on any atom is 0.312 e. The van der Waals surface area contributed by atoms with Gasteiger partial charge in [-0.05, 0) is 24.0 Å². The molecule has 0 saturated carbocycles. The summed E-state index contributed by atoms with van der Waals surface area (Å²) in [5, 5.41) is 0. The van der Waals surface area contributed by atoms with E-state index in [9.17, 15) is 4.79 Å². The minimum absolute atomic E-state index is 0.191. The van der Waals surface area contributed by atoms with Gasteiger partial charge >= 0.3 is 5.97 Å². The molecule has 1 heterocycles. The van der Waals surface area contributed by atoms with Gasteiger partial charge in [-0.3, -0.25) is 9.69 Å². The second kappa shape index (κ2) is 8.08. The zero-order chi connectivity index (χ0) is 16.8. The van der Waals surface area contributed by atoms with Crippen molar-refractivity contribution >= 4 is 5.97 Å². The van der Waals surface area contributed by atoms with E-state index < -0.39 is 0 Å². The molecule has 1 saturated heterocycles. The van der Waals surface area contributed by atoms with Crippen LogP contribution in [0, 0.1) is 5.92 Å². The van der Waals surface area contributed by atoms with Crippen LogP contribution in [0.1, 0.15) is 24.0 Å². The Morgan fingerprint density at radius 3 is 2.33 bits per heavy atom. The van der Waals surface area contributed by atoms with Gasteiger partial charge in [0.25, 0.3) is 0 Å². The van der Waals surface area contributed by atoms with Crippen LogP contribution in [-0.4, -0.2) is 23.6 Å². The quantitative estimate of drug-likeness (QED) is 0.859. The fraction of sp³-hybridized carbons (Fsp3) is 0.350. The topological polar surface area (TPSA) is 55.6 Å². The van der Waals surface area contributed by atoms with Gasteiger partial charge in [0.1, 0.15) is 6.61 Å². The van der Waals surface area contributed by atoms with E-state index in [2.05, 4.69) is 17.0 Å². The molecule has 1 aliphatic rings. The number of rotatable bonds is 5. The molecule has 2 aromatic carbocycles. The molecule has 0 aromatic heterocycles. The average Bonchev–Trinajstić information content (AvgIpc) is 2.63. The number of nitrogens with zero attached hydrogens (tertiary/aromatic N) is 1. The second-order valence-corrected chi connectivity index (χ2v) is 6.29. The summed E-state index contributed by atoms with van der Waals surface area (Å²) in [6.45, 7) is 1.99. The highest BCUT2D eigenvalue weighted by molar-refractivity contribution is 5.73. The zero-order valence-electron chi connectivity index (χ0n) is 13.8. The highest BCUT2D eigenvalue weighted by atomic mass is 16.5. The molecule has 0 spiro atoms. The number of likely N-dealkylation sites (tertiary alicyclic amines) is 1. The first-order valence-corrected chi connectivity index (χ1v) is 8.48. The van der Waals surface area contributed by atoms with E-state index in [1.807, 2.05) is 48.5 Å². The van der Waals surface area contributed by atoms with Gasteiger partial charge in [0, 0.05) is 13.1 Å². The smallest absolute Gasteiger partial charge is 0.312 e. The fourth-order valence-corrected chi connectivity index (χ4v) is 3.18. The highest BCUT2D eigenvalue weighted by Crippen LogP contribution is 2.24. The van der Waals surface area contributed by atoms with E-state index in [1.165, 1.54) is 5.56 Å². The lowest BCUT2D eigenvalue weighted by Crippen LogP contribution is -2.53. The molecule has 126 valence electrons. The van der Waals surface area contributed by atoms with Gasteiger partial charge < -0.3 is 10.5 Å². The van der Waals surface area contributed by atoms with E-state index in [-0.39, 0.29) is 18.1 Å². The third-order valence-corrected chi connectivity index (χ3v) is 4.55. The van der Waals surface area contributed by atoms with Crippen molar-refractivity contribution in [2.75, 3.05) is 6.54 Å². The van der Waals surface area contributed by atoms with Crippen LogP contribution in [0.25, 0.3) is 0 Å². The molecule has 1 fully saturated rings. The normalized spacial score (nSPS) is 21.4. The number of carbonyl (C=O) groups is 1. The summed E-state index contributed by atoms with van der Waals surface area (Å²) in [6, 6.07) is 20.0. The predicted molar refractivity (Wildman–Crippen MR) is 93.8 cm³/mol. The summed E-state index contributed by atoms with van der Waals surface area (Å²) in [5.74, 6) is -0.449. The second-order valence-electron chi connectivity index (χ2n) is 6.29. The Bertz CT molecular complexity index is 645. The first-order chi connectivity index (χ1) is 11.7. The van der Waals surface area contributed by atoms with Crippen LogP contribution in [0.2, 0.25) is 0 Å². The Hall–Kier alpha value is -2.17. The van der Waals surface area contributed by atoms with Crippen LogP contribution in [-0.2, 0) is 22.7 Å². The number of esters is 1. The van der Waals surface area contributed by atoms with Gasteiger partial charge in [-0.15, -0.1) is 0 Å². The van der Waals surface area contributed by atoms with Crippen molar-refractivity contribution in [1.82, 2.24) is 4.90 Å². The first kappa shape index (κ1) is 16.7. The maximum atomic E-state index is 12.5. The predicted octanol–water partition coefficient (Wildman–Crippen LogP) is 2.93. The molecule has 4 heteroatoms. The van der Waals surface area contributed by atoms with Crippen LogP contribution in [0.15, 0.2) is 60.7 Å². The summed E-state index contributed by atoms with van der Waals surface area (Å²) >= 11 is 0. The van der Waals surface area contributed by atoms with E-state index in [4.69, 9.17) is 10.5 Å². The largest absolute Gasteiger partial charge is 0.461 e. The monoisotopic (exact) mass is 324 g/mol. The number of hydrogen-bond donors (Lipinski definition) is 1. The Kier molecular flexibility index (Phi) is 5.62. The minimum atomic E-state index is -0.290. The van der Waals surface area contributed by atoms with Crippen molar-refractivity contribution in [2.45, 2.75) is 32.2 Å². The molecule has 2 N–H and O–H groups in total. The van der Waals surface area contributed by atoms with Crippen LogP contribution in [0.4, 0.5) is 0 Å². The fourth-order valence-electron chi connectivity index (χ4n) is 3.18. The number of hydrogen-bond acceptors (Lipinski definition) is 4. The van der Waals surface area contributed by atoms with E-state index in [1.54, 1.807) is 0 Å². The Labute approximate surface area is 143 Å². The lowest BCUT2D eigenvalue weighted by atomic mass is 9.94. The van der Waals surface area contributed by atoms with E-state index in [0.29, 0.717) is 6.61 Å². The van der Waals surface area contributed by atoms with Gasteiger partial charge in [-0.2, -0.15) is 0 Å². The highest BCUT2D eigenvalue weighted by Gasteiger charge is 2.34. The molecule has 1 aliphatic heterocycles. The number of benzene rings is 2. The Morgan fingerprint density at radius 2 is 1.67 bits per heavy atom. The third kappa shape index (κ3) is 4.22. The van der Waals surface area contributed by atoms with Gasteiger partial charge in [-0.1, -0.05) is 60.7 Å². The van der Waals surface area contributed by atoms with Crippen LogP contribution >= 0.6 is 0 Å². The number of carbonyl (C=O) groups excluding carboxylic acids is 1. The molecule has 2 aromatic rings. The first-order valence-electron chi connectivity index (χ1n) is 8.48. The average molecular weight is 324 g/mol. The van der Waals surface area contributed by atoms with Crippen LogP contribution in [0.5, 0.6) is 0 Å². The SMILES string of the molecule is N[C@H]1[C@@H](C(=O)OCc2ccccc2)CCCN1Cc1ccccc1. The van der Waals surface area contributed by atoms with Crippen molar-refractivity contribution in [2.24, 2.45) is 11.7 Å². The van der Waals surface area contributed by atoms with Gasteiger partial charge in [0.05, 0.1) is 12.1 Å². The van der Waals surface area contributed by atoms with Crippen molar-refractivity contribution in [3.63, 3.8) is 0 Å². The van der Waals surface area contributed by atoms with Gasteiger partial charge in [0.15, 0.2) is 0 Å². The van der Waals surface area contributed by atoms with Crippen molar-refractivity contribution in [1.29, 1.82) is 0 Å². The van der Waals surface area contributed by atoms with Crippen molar-refractivity contribution in [3.8, 4) is 0 Å². The standard InChI is InChI=1S/C20H24N2O2/c21-19-18(20(23)24-15-17-10-5-2-6-11-17)12-7-13-22(19)14-16-8-3-1-4-9-16/h1-6,8-11,18-19H,7,12-15,21H2/t18-,19+/m0/s1. The van der Waals surface area contributed by atoms with Crippen LogP contribution < -0.4 is 5.73 Å². The van der Waals surface area contributed by atoms with E-state index >= 15 is 0 Å². The van der Waals surface area contributed by atoms with Gasteiger partial charge in [-0.25, -0.2) is 0 Å². The summed E-state index contributed by atoms with van der Waals surface area (Å²) < 4.78 is 5.49. The summed E-state index contributed by atoms with van der Waals surface area (Å²) in [4.78, 5) is 14.6. The zero-order valence-corrected chi connectivity index (χ0v) is 13.8. The Balaban J connectivity index is 1.57. The number of nitrogens with two attached hydrogens (primary N) is 1. The molecule has 0 aliphatic carbocycles. The molecule has 0 unspecified atom stereocenters. The molecule has 3 rings (SSSR count). The van der Waals surface area contributed by atoms with Crippen molar-refractivity contribution in [3.05, 3.63) is 71.8 Å². The summed E-state index contributed by atoms with van der Waals surface area (Å²) in [7, 11) is 0. The number of ether oxygens (including phenoxy) is 1. The third-order valence-electron chi connectivity index (χ3n) is 4.55.